The van der Waals surface area contributed by atoms with Gasteiger partial charge in [-0.1, -0.05) is 42.5 Å². The molecule has 0 radical (unpaired) electrons. The zero-order chi connectivity index (χ0) is 22.3. The van der Waals surface area contributed by atoms with Crippen molar-refractivity contribution in [3.05, 3.63) is 89.5 Å². The van der Waals surface area contributed by atoms with Crippen LogP contribution in [0, 0.1) is 0 Å². The number of para-hydroxylation sites is 2. The Bertz CT molecular complexity index is 1290. The van der Waals surface area contributed by atoms with Gasteiger partial charge in [-0.15, -0.1) is 0 Å². The van der Waals surface area contributed by atoms with E-state index in [1.165, 1.54) is 10.4 Å². The van der Waals surface area contributed by atoms with Crippen LogP contribution in [0.4, 0.5) is 5.69 Å². The van der Waals surface area contributed by atoms with Gasteiger partial charge in [-0.3, -0.25) is 9.10 Å². The molecule has 32 heavy (non-hydrogen) atoms. The van der Waals surface area contributed by atoms with Crippen molar-refractivity contribution in [3.63, 3.8) is 0 Å². The van der Waals surface area contributed by atoms with Crippen molar-refractivity contribution in [2.45, 2.75) is 36.7 Å². The molecule has 0 bridgehead atoms. The molecule has 0 aromatic heterocycles. The number of amides is 1. The number of benzene rings is 3. The number of carbonyl (C=O) groups excluding carboxylic acids is 1. The number of carbonyl (C=O) groups is 1. The highest BCUT2D eigenvalue weighted by Gasteiger charge is 2.36. The lowest BCUT2D eigenvalue weighted by Gasteiger charge is -2.27. The number of sulfonamides is 1. The van der Waals surface area contributed by atoms with Gasteiger partial charge in [-0.25, -0.2) is 8.42 Å². The molecule has 0 saturated heterocycles. The number of nitrogens with one attached hydrogen (secondary N) is 1. The minimum absolute atomic E-state index is 0.112. The summed E-state index contributed by atoms with van der Waals surface area (Å²) in [6.45, 7) is 2.42. The highest BCUT2D eigenvalue weighted by molar-refractivity contribution is 7.92. The zero-order valence-corrected chi connectivity index (χ0v) is 18.5. The Morgan fingerprint density at radius 2 is 1.81 bits per heavy atom. The molecule has 7 heteroatoms. The lowest BCUT2D eigenvalue weighted by molar-refractivity contribution is 0.0924. The van der Waals surface area contributed by atoms with Crippen LogP contribution in [0.5, 0.6) is 5.75 Å². The van der Waals surface area contributed by atoms with Gasteiger partial charge in [0.2, 0.25) is 0 Å². The van der Waals surface area contributed by atoms with Gasteiger partial charge in [0, 0.05) is 23.6 Å². The van der Waals surface area contributed by atoms with Gasteiger partial charge in [-0.2, -0.15) is 0 Å². The minimum atomic E-state index is -3.81. The summed E-state index contributed by atoms with van der Waals surface area (Å²) in [5.74, 6) is 0.459. The summed E-state index contributed by atoms with van der Waals surface area (Å²) in [6, 6.07) is 21.1. The molecule has 0 spiro atoms. The van der Waals surface area contributed by atoms with E-state index in [0.29, 0.717) is 30.7 Å². The molecule has 1 N–H and O–H groups in total. The van der Waals surface area contributed by atoms with Crippen molar-refractivity contribution in [1.29, 1.82) is 0 Å². The molecule has 3 aromatic rings. The lowest BCUT2D eigenvalue weighted by atomic mass is 10.00. The second-order valence-electron chi connectivity index (χ2n) is 8.21. The average Bonchev–Trinajstić information content (AvgIpc) is 3.16. The van der Waals surface area contributed by atoms with E-state index < -0.39 is 10.0 Å². The number of hydrogen-bond donors (Lipinski definition) is 1. The predicted octanol–water partition coefficient (Wildman–Crippen LogP) is 4.08. The number of anilines is 1. The molecule has 2 unspecified atom stereocenters. The van der Waals surface area contributed by atoms with Crippen LogP contribution in [0.3, 0.4) is 0 Å². The standard InChI is InChI=1S/C25H24N2O4S/c1-17-15-18-7-2-4-11-23(18)27(17)32(29,30)20-9-6-8-19(16-20)25(28)26-22-13-14-31-24-12-5-3-10-21(22)24/h2-12,16-17,22H,13-15H2,1H3,(H,26,28). The molecule has 2 heterocycles. The van der Waals surface area contributed by atoms with Gasteiger partial charge in [0.15, 0.2) is 0 Å². The summed E-state index contributed by atoms with van der Waals surface area (Å²) in [5.41, 5.74) is 2.96. The third-order valence-corrected chi connectivity index (χ3v) is 7.99. The first-order valence-electron chi connectivity index (χ1n) is 10.7. The van der Waals surface area contributed by atoms with Crippen molar-refractivity contribution in [2.75, 3.05) is 10.9 Å². The van der Waals surface area contributed by atoms with E-state index in [0.717, 1.165) is 16.9 Å². The number of ether oxygens (including phenoxy) is 1. The Labute approximate surface area is 187 Å². The summed E-state index contributed by atoms with van der Waals surface area (Å²) < 4.78 is 34.2. The molecule has 1 amide bonds. The summed E-state index contributed by atoms with van der Waals surface area (Å²) >= 11 is 0. The van der Waals surface area contributed by atoms with E-state index in [-0.39, 0.29) is 22.9 Å². The number of rotatable bonds is 4. The Morgan fingerprint density at radius 1 is 1.03 bits per heavy atom. The molecule has 5 rings (SSSR count). The van der Waals surface area contributed by atoms with Gasteiger partial charge in [0.1, 0.15) is 5.75 Å². The number of nitrogens with zero attached hydrogens (tertiary/aromatic N) is 1. The van der Waals surface area contributed by atoms with Crippen LogP contribution in [-0.4, -0.2) is 27.0 Å². The quantitative estimate of drug-likeness (QED) is 0.653. The Balaban J connectivity index is 1.42. The van der Waals surface area contributed by atoms with Gasteiger partial charge < -0.3 is 10.1 Å². The number of fused-ring (bicyclic) bond motifs is 2. The summed E-state index contributed by atoms with van der Waals surface area (Å²) in [7, 11) is -3.81. The van der Waals surface area contributed by atoms with Crippen LogP contribution >= 0.6 is 0 Å². The zero-order valence-electron chi connectivity index (χ0n) is 17.7. The molecule has 2 aliphatic heterocycles. The van der Waals surface area contributed by atoms with Crippen LogP contribution in [0.15, 0.2) is 77.7 Å². The van der Waals surface area contributed by atoms with Crippen LogP contribution < -0.4 is 14.4 Å². The molecular weight excluding hydrogens is 424 g/mol. The maximum Gasteiger partial charge on any atom is 0.264 e. The van der Waals surface area contributed by atoms with Crippen molar-refractivity contribution in [3.8, 4) is 5.75 Å². The maximum atomic E-state index is 13.5. The molecule has 2 aliphatic rings. The van der Waals surface area contributed by atoms with Gasteiger partial charge in [0.25, 0.3) is 15.9 Å². The fourth-order valence-corrected chi connectivity index (χ4v) is 6.29. The van der Waals surface area contributed by atoms with E-state index in [2.05, 4.69) is 5.32 Å². The molecular formula is C25H24N2O4S. The largest absolute Gasteiger partial charge is 0.493 e. The van der Waals surface area contributed by atoms with E-state index >= 15 is 0 Å². The first-order chi connectivity index (χ1) is 15.4. The summed E-state index contributed by atoms with van der Waals surface area (Å²) in [4.78, 5) is 13.1. The Hall–Kier alpha value is -3.32. The Kier molecular flexibility index (Phi) is 5.13. The van der Waals surface area contributed by atoms with Crippen LogP contribution in [0.1, 0.15) is 40.9 Å². The maximum absolute atomic E-state index is 13.5. The van der Waals surface area contributed by atoms with Crippen LogP contribution in [0.25, 0.3) is 0 Å². The molecule has 0 aliphatic carbocycles. The highest BCUT2D eigenvalue weighted by Crippen LogP contribution is 2.37. The molecule has 164 valence electrons. The lowest BCUT2D eigenvalue weighted by Crippen LogP contribution is -2.36. The molecule has 0 fully saturated rings. The first-order valence-corrected chi connectivity index (χ1v) is 12.1. The van der Waals surface area contributed by atoms with E-state index in [9.17, 15) is 13.2 Å². The molecule has 0 saturated carbocycles. The SMILES string of the molecule is CC1Cc2ccccc2N1S(=O)(=O)c1cccc(C(=O)NC2CCOc3ccccc32)c1. The van der Waals surface area contributed by atoms with Crippen LogP contribution in [0.2, 0.25) is 0 Å². The van der Waals surface area contributed by atoms with E-state index in [4.69, 9.17) is 4.74 Å². The van der Waals surface area contributed by atoms with Crippen molar-refractivity contribution >= 4 is 21.6 Å². The minimum Gasteiger partial charge on any atom is -0.493 e. The smallest absolute Gasteiger partial charge is 0.264 e. The van der Waals surface area contributed by atoms with Gasteiger partial charge in [-0.05, 0) is 49.2 Å². The second-order valence-corrected chi connectivity index (χ2v) is 10.0. The summed E-state index contributed by atoms with van der Waals surface area (Å²) in [5, 5.41) is 3.04. The molecule has 6 nitrogen and oxygen atoms in total. The van der Waals surface area contributed by atoms with E-state index in [1.807, 2.05) is 55.5 Å². The van der Waals surface area contributed by atoms with Crippen molar-refractivity contribution in [1.82, 2.24) is 5.32 Å². The highest BCUT2D eigenvalue weighted by atomic mass is 32.2. The second kappa shape index (κ2) is 7.98. The molecule has 3 aromatic carbocycles. The fraction of sp³-hybridized carbons (Fsp3) is 0.240. The fourth-order valence-electron chi connectivity index (χ4n) is 4.55. The molecule has 2 atom stereocenters. The van der Waals surface area contributed by atoms with Crippen molar-refractivity contribution < 1.29 is 17.9 Å². The topological polar surface area (TPSA) is 75.7 Å². The van der Waals surface area contributed by atoms with E-state index in [1.54, 1.807) is 18.2 Å². The van der Waals surface area contributed by atoms with Crippen molar-refractivity contribution in [2.24, 2.45) is 0 Å². The third kappa shape index (κ3) is 3.52. The monoisotopic (exact) mass is 448 g/mol. The van der Waals surface area contributed by atoms with Gasteiger partial charge >= 0.3 is 0 Å². The average molecular weight is 449 g/mol. The first kappa shape index (κ1) is 20.6. The number of hydrogen-bond acceptors (Lipinski definition) is 4. The predicted molar refractivity (Wildman–Crippen MR) is 122 cm³/mol. The van der Waals surface area contributed by atoms with Crippen LogP contribution in [-0.2, 0) is 16.4 Å². The Morgan fingerprint density at radius 3 is 2.69 bits per heavy atom. The van der Waals surface area contributed by atoms with Gasteiger partial charge in [0.05, 0.1) is 23.2 Å². The third-order valence-electron chi connectivity index (χ3n) is 6.06. The summed E-state index contributed by atoms with van der Waals surface area (Å²) in [6.07, 6.45) is 1.32. The normalized spacial score (nSPS) is 19.6.